The minimum atomic E-state index is -0.0394. The molecule has 0 aliphatic heterocycles. The van der Waals surface area contributed by atoms with Gasteiger partial charge in [0.15, 0.2) is 4.34 Å². The van der Waals surface area contributed by atoms with Gasteiger partial charge in [0.1, 0.15) is 0 Å². The molecule has 1 atom stereocenters. The molecule has 2 aromatic rings. The molecule has 2 rings (SSSR count). The lowest BCUT2D eigenvalue weighted by Crippen LogP contribution is -2.13. The fraction of sp³-hybridized carbons (Fsp3) is 0.400. The molecule has 5 nitrogen and oxygen atoms in total. The number of aromatic nitrogens is 2. The number of hydrogen-bond acceptors (Lipinski definition) is 6. The van der Waals surface area contributed by atoms with E-state index < -0.39 is 0 Å². The largest absolute Gasteiger partial charge is 0.363 e. The molecule has 1 aromatic carbocycles. The van der Waals surface area contributed by atoms with Gasteiger partial charge in [-0.2, -0.15) is 0 Å². The quantitative estimate of drug-likeness (QED) is 0.752. The molecular formula is C15H20N4OS2. The second-order valence-corrected chi connectivity index (χ2v) is 7.09. The Morgan fingerprint density at radius 2 is 2.05 bits per heavy atom. The number of benzene rings is 1. The van der Waals surface area contributed by atoms with Gasteiger partial charge in [-0.1, -0.05) is 49.1 Å². The monoisotopic (exact) mass is 336 g/mol. The molecule has 0 fully saturated rings. The zero-order valence-corrected chi connectivity index (χ0v) is 14.6. The Bertz CT molecular complexity index is 612. The minimum Gasteiger partial charge on any atom is -0.363 e. The number of carbonyl (C=O) groups excluding carboxylic acids is 1. The first-order valence-electron chi connectivity index (χ1n) is 7.16. The van der Waals surface area contributed by atoms with E-state index in [0.717, 1.165) is 21.6 Å². The van der Waals surface area contributed by atoms with Crippen molar-refractivity contribution in [3.05, 3.63) is 29.8 Å². The summed E-state index contributed by atoms with van der Waals surface area (Å²) >= 11 is 2.83. The van der Waals surface area contributed by atoms with Crippen LogP contribution in [0.5, 0.6) is 0 Å². The van der Waals surface area contributed by atoms with Gasteiger partial charge in [0, 0.05) is 12.7 Å². The predicted molar refractivity (Wildman–Crippen MR) is 94.0 cm³/mol. The first-order chi connectivity index (χ1) is 10.6. The third-order valence-corrected chi connectivity index (χ3v) is 5.40. The SMILES string of the molecule is CC[C@H](C)c1ccc(NC(=O)CSc2nnc(NC)s2)cc1. The predicted octanol–water partition coefficient (Wildman–Crippen LogP) is 3.82. The van der Waals surface area contributed by atoms with Crippen LogP contribution in [0.25, 0.3) is 0 Å². The van der Waals surface area contributed by atoms with Crippen molar-refractivity contribution in [3.63, 3.8) is 0 Å². The summed E-state index contributed by atoms with van der Waals surface area (Å²) in [5.41, 5.74) is 2.12. The fourth-order valence-electron chi connectivity index (χ4n) is 1.82. The molecule has 1 amide bonds. The molecule has 0 bridgehead atoms. The van der Waals surface area contributed by atoms with Crippen molar-refractivity contribution in [3.8, 4) is 0 Å². The zero-order valence-electron chi connectivity index (χ0n) is 12.9. The van der Waals surface area contributed by atoms with Gasteiger partial charge in [0.25, 0.3) is 0 Å². The van der Waals surface area contributed by atoms with Gasteiger partial charge in [0.05, 0.1) is 5.75 Å². The van der Waals surface area contributed by atoms with Crippen molar-refractivity contribution in [2.24, 2.45) is 0 Å². The summed E-state index contributed by atoms with van der Waals surface area (Å²) in [6.07, 6.45) is 1.11. The highest BCUT2D eigenvalue weighted by atomic mass is 32.2. The Morgan fingerprint density at radius 3 is 2.64 bits per heavy atom. The molecule has 118 valence electrons. The van der Waals surface area contributed by atoms with Crippen LogP contribution in [-0.4, -0.2) is 28.9 Å². The van der Waals surface area contributed by atoms with Gasteiger partial charge in [0.2, 0.25) is 11.0 Å². The van der Waals surface area contributed by atoms with Crippen LogP contribution >= 0.6 is 23.1 Å². The van der Waals surface area contributed by atoms with E-state index in [1.807, 2.05) is 12.1 Å². The second kappa shape index (κ2) is 8.14. The van der Waals surface area contributed by atoms with Crippen molar-refractivity contribution in [2.75, 3.05) is 23.4 Å². The Labute approximate surface area is 138 Å². The average Bonchev–Trinajstić information content (AvgIpc) is 3.01. The molecule has 7 heteroatoms. The van der Waals surface area contributed by atoms with Crippen molar-refractivity contribution in [1.82, 2.24) is 10.2 Å². The molecule has 1 aromatic heterocycles. The first kappa shape index (κ1) is 16.8. The van der Waals surface area contributed by atoms with E-state index in [1.165, 1.54) is 28.7 Å². The third-order valence-electron chi connectivity index (χ3n) is 3.32. The van der Waals surface area contributed by atoms with Crippen LogP contribution in [-0.2, 0) is 4.79 Å². The lowest BCUT2D eigenvalue weighted by atomic mass is 9.99. The van der Waals surface area contributed by atoms with Crippen LogP contribution in [0, 0.1) is 0 Å². The van der Waals surface area contributed by atoms with Crippen LogP contribution in [0.1, 0.15) is 31.7 Å². The number of nitrogens with zero attached hydrogens (tertiary/aromatic N) is 2. The van der Waals surface area contributed by atoms with Crippen LogP contribution in [0.4, 0.5) is 10.8 Å². The lowest BCUT2D eigenvalue weighted by molar-refractivity contribution is -0.113. The smallest absolute Gasteiger partial charge is 0.234 e. The second-order valence-electron chi connectivity index (χ2n) is 4.89. The van der Waals surface area contributed by atoms with Crippen LogP contribution in [0.2, 0.25) is 0 Å². The topological polar surface area (TPSA) is 66.9 Å². The molecule has 0 unspecified atom stereocenters. The maximum absolute atomic E-state index is 11.9. The maximum atomic E-state index is 11.9. The van der Waals surface area contributed by atoms with Gasteiger partial charge in [-0.3, -0.25) is 4.79 Å². The molecule has 0 saturated heterocycles. The van der Waals surface area contributed by atoms with Gasteiger partial charge in [-0.05, 0) is 30.0 Å². The van der Waals surface area contributed by atoms with E-state index in [2.05, 4.69) is 46.8 Å². The van der Waals surface area contributed by atoms with Gasteiger partial charge in [-0.15, -0.1) is 10.2 Å². The fourth-order valence-corrected chi connectivity index (χ4v) is 3.33. The zero-order chi connectivity index (χ0) is 15.9. The van der Waals surface area contributed by atoms with Gasteiger partial charge in [-0.25, -0.2) is 0 Å². The highest BCUT2D eigenvalue weighted by molar-refractivity contribution is 8.01. The molecule has 0 spiro atoms. The van der Waals surface area contributed by atoms with E-state index in [4.69, 9.17) is 0 Å². The van der Waals surface area contributed by atoms with Gasteiger partial charge < -0.3 is 10.6 Å². The first-order valence-corrected chi connectivity index (χ1v) is 8.96. The number of rotatable bonds is 7. The molecule has 1 heterocycles. The minimum absolute atomic E-state index is 0.0394. The highest BCUT2D eigenvalue weighted by Crippen LogP contribution is 2.25. The van der Waals surface area contributed by atoms with Crippen molar-refractivity contribution < 1.29 is 4.79 Å². The number of thioether (sulfide) groups is 1. The molecular weight excluding hydrogens is 316 g/mol. The summed E-state index contributed by atoms with van der Waals surface area (Å²) in [4.78, 5) is 11.9. The van der Waals surface area contributed by atoms with Crippen molar-refractivity contribution in [2.45, 2.75) is 30.5 Å². The van der Waals surface area contributed by atoms with E-state index in [1.54, 1.807) is 7.05 Å². The van der Waals surface area contributed by atoms with E-state index >= 15 is 0 Å². The van der Waals surface area contributed by atoms with Crippen LogP contribution in [0.3, 0.4) is 0 Å². The highest BCUT2D eigenvalue weighted by Gasteiger charge is 2.08. The molecule has 0 saturated carbocycles. The molecule has 2 N–H and O–H groups in total. The summed E-state index contributed by atoms with van der Waals surface area (Å²) < 4.78 is 0.784. The van der Waals surface area contributed by atoms with Crippen LogP contribution in [0.15, 0.2) is 28.6 Å². The number of amides is 1. The normalized spacial score (nSPS) is 12.0. The number of carbonyl (C=O) groups is 1. The maximum Gasteiger partial charge on any atom is 0.234 e. The number of nitrogens with one attached hydrogen (secondary N) is 2. The average molecular weight is 336 g/mol. The summed E-state index contributed by atoms with van der Waals surface area (Å²) in [6.45, 7) is 4.37. The Kier molecular flexibility index (Phi) is 6.21. The van der Waals surface area contributed by atoms with Crippen molar-refractivity contribution in [1.29, 1.82) is 0 Å². The Morgan fingerprint density at radius 1 is 1.32 bits per heavy atom. The Hall–Kier alpha value is -1.60. The van der Waals surface area contributed by atoms with Crippen LogP contribution < -0.4 is 10.6 Å². The number of anilines is 2. The number of hydrogen-bond donors (Lipinski definition) is 2. The summed E-state index contributed by atoms with van der Waals surface area (Å²) in [6, 6.07) is 8.05. The summed E-state index contributed by atoms with van der Waals surface area (Å²) in [5.74, 6) is 0.826. The summed E-state index contributed by atoms with van der Waals surface area (Å²) in [5, 5.41) is 14.5. The van der Waals surface area contributed by atoms with E-state index in [-0.39, 0.29) is 5.91 Å². The van der Waals surface area contributed by atoms with E-state index in [0.29, 0.717) is 11.7 Å². The lowest BCUT2D eigenvalue weighted by Gasteiger charge is -2.10. The van der Waals surface area contributed by atoms with E-state index in [9.17, 15) is 4.79 Å². The summed E-state index contributed by atoms with van der Waals surface area (Å²) in [7, 11) is 1.80. The molecule has 22 heavy (non-hydrogen) atoms. The molecule has 0 aliphatic carbocycles. The van der Waals surface area contributed by atoms with Crippen molar-refractivity contribution >= 4 is 39.8 Å². The molecule has 0 radical (unpaired) electrons. The Balaban J connectivity index is 1.83. The third kappa shape index (κ3) is 4.71. The van der Waals surface area contributed by atoms with Gasteiger partial charge >= 0.3 is 0 Å². The standard InChI is InChI=1S/C15H20N4OS2/c1-4-10(2)11-5-7-12(8-6-11)17-13(20)9-21-15-19-18-14(16-3)22-15/h5-8,10H,4,9H2,1-3H3,(H,16,18)(H,17,20)/t10-/m0/s1. The molecule has 0 aliphatic rings.